The van der Waals surface area contributed by atoms with Crippen molar-refractivity contribution in [3.05, 3.63) is 24.2 Å². The molecular weight excluding hydrogens is 188 g/mol. The second-order valence-corrected chi connectivity index (χ2v) is 3.47. The van der Waals surface area contributed by atoms with Gasteiger partial charge in [0.1, 0.15) is 5.76 Å². The monoisotopic (exact) mass is 203 g/mol. The van der Waals surface area contributed by atoms with Gasteiger partial charge in [0.25, 0.3) is 6.43 Å². The van der Waals surface area contributed by atoms with Crippen molar-refractivity contribution < 1.29 is 13.2 Å². The molecule has 2 atom stereocenters. The standard InChI is InChI=1S/C10H15F2NO/c1-7(13-8(2)10(11)12)6-9-4-3-5-14-9/h3-5,7-8,10,13H,6H2,1-2H3. The van der Waals surface area contributed by atoms with Gasteiger partial charge in [-0.05, 0) is 26.0 Å². The summed E-state index contributed by atoms with van der Waals surface area (Å²) in [6.45, 7) is 3.34. The Labute approximate surface area is 82.3 Å². The van der Waals surface area contributed by atoms with E-state index in [1.165, 1.54) is 6.92 Å². The smallest absolute Gasteiger partial charge is 0.253 e. The minimum absolute atomic E-state index is 0.00912. The van der Waals surface area contributed by atoms with Crippen LogP contribution in [-0.2, 0) is 6.42 Å². The fourth-order valence-corrected chi connectivity index (χ4v) is 1.31. The summed E-state index contributed by atoms with van der Waals surface area (Å²) < 4.78 is 29.5. The molecule has 0 bridgehead atoms. The van der Waals surface area contributed by atoms with Crippen molar-refractivity contribution in [3.63, 3.8) is 0 Å². The van der Waals surface area contributed by atoms with Gasteiger partial charge in [-0.3, -0.25) is 0 Å². The highest BCUT2D eigenvalue weighted by Crippen LogP contribution is 2.06. The molecule has 0 fully saturated rings. The van der Waals surface area contributed by atoms with Gasteiger partial charge in [0.2, 0.25) is 0 Å². The summed E-state index contributed by atoms with van der Waals surface area (Å²) >= 11 is 0. The van der Waals surface area contributed by atoms with Crippen molar-refractivity contribution in [2.75, 3.05) is 0 Å². The summed E-state index contributed by atoms with van der Waals surface area (Å²) in [5, 5.41) is 2.81. The van der Waals surface area contributed by atoms with E-state index in [0.717, 1.165) is 5.76 Å². The second-order valence-electron chi connectivity index (χ2n) is 3.47. The molecule has 80 valence electrons. The van der Waals surface area contributed by atoms with Crippen LogP contribution in [0.2, 0.25) is 0 Å². The molecule has 0 saturated carbocycles. The van der Waals surface area contributed by atoms with Gasteiger partial charge in [-0.1, -0.05) is 0 Å². The van der Waals surface area contributed by atoms with Gasteiger partial charge >= 0.3 is 0 Å². The van der Waals surface area contributed by atoms with Crippen LogP contribution in [0.1, 0.15) is 19.6 Å². The molecule has 1 aromatic rings. The molecular formula is C10H15F2NO. The van der Waals surface area contributed by atoms with E-state index in [-0.39, 0.29) is 6.04 Å². The van der Waals surface area contributed by atoms with Gasteiger partial charge in [0.15, 0.2) is 0 Å². The van der Waals surface area contributed by atoms with E-state index in [0.29, 0.717) is 6.42 Å². The number of furan rings is 1. The Bertz CT molecular complexity index is 249. The van der Waals surface area contributed by atoms with E-state index in [4.69, 9.17) is 4.42 Å². The highest BCUT2D eigenvalue weighted by Gasteiger charge is 2.17. The molecule has 0 amide bonds. The van der Waals surface area contributed by atoms with E-state index in [9.17, 15) is 8.78 Å². The SMILES string of the molecule is CC(Cc1ccco1)NC(C)C(F)F. The molecule has 0 spiro atoms. The van der Waals surface area contributed by atoms with Crippen LogP contribution in [0.4, 0.5) is 8.78 Å². The molecule has 0 radical (unpaired) electrons. The van der Waals surface area contributed by atoms with Crippen LogP contribution < -0.4 is 5.32 Å². The molecule has 0 saturated heterocycles. The quantitative estimate of drug-likeness (QED) is 0.795. The second kappa shape index (κ2) is 5.10. The Balaban J connectivity index is 2.32. The molecule has 14 heavy (non-hydrogen) atoms. The van der Waals surface area contributed by atoms with Gasteiger partial charge in [-0.2, -0.15) is 0 Å². The van der Waals surface area contributed by atoms with E-state index >= 15 is 0 Å². The first-order chi connectivity index (χ1) is 6.59. The molecule has 1 N–H and O–H groups in total. The topological polar surface area (TPSA) is 25.2 Å². The maximum absolute atomic E-state index is 12.2. The first-order valence-electron chi connectivity index (χ1n) is 4.66. The maximum Gasteiger partial charge on any atom is 0.253 e. The third-order valence-electron chi connectivity index (χ3n) is 2.01. The summed E-state index contributed by atoms with van der Waals surface area (Å²) in [5.74, 6) is 0.812. The van der Waals surface area contributed by atoms with E-state index in [2.05, 4.69) is 5.32 Å². The molecule has 4 heteroatoms. The van der Waals surface area contributed by atoms with Crippen LogP contribution in [0.3, 0.4) is 0 Å². The number of alkyl halides is 2. The van der Waals surface area contributed by atoms with E-state index in [1.54, 1.807) is 12.3 Å². The van der Waals surface area contributed by atoms with Gasteiger partial charge < -0.3 is 9.73 Å². The first kappa shape index (κ1) is 11.2. The molecule has 0 aliphatic rings. The zero-order chi connectivity index (χ0) is 10.6. The largest absolute Gasteiger partial charge is 0.469 e. The maximum atomic E-state index is 12.2. The number of halogens is 2. The van der Waals surface area contributed by atoms with Crippen molar-refractivity contribution in [3.8, 4) is 0 Å². The van der Waals surface area contributed by atoms with Crippen LogP contribution in [-0.4, -0.2) is 18.5 Å². The molecule has 2 nitrogen and oxygen atoms in total. The van der Waals surface area contributed by atoms with Crippen molar-refractivity contribution in [2.45, 2.75) is 38.8 Å². The normalized spacial score (nSPS) is 15.8. The lowest BCUT2D eigenvalue weighted by Crippen LogP contribution is -2.40. The Hall–Kier alpha value is -0.900. The highest BCUT2D eigenvalue weighted by atomic mass is 19.3. The van der Waals surface area contributed by atoms with E-state index < -0.39 is 12.5 Å². The molecule has 2 unspecified atom stereocenters. The third kappa shape index (κ3) is 3.46. The third-order valence-corrected chi connectivity index (χ3v) is 2.01. The summed E-state index contributed by atoms with van der Waals surface area (Å²) in [5.41, 5.74) is 0. The number of hydrogen-bond acceptors (Lipinski definition) is 2. The predicted molar refractivity (Wildman–Crippen MR) is 50.5 cm³/mol. The lowest BCUT2D eigenvalue weighted by atomic mass is 10.2. The van der Waals surface area contributed by atoms with Crippen LogP contribution >= 0.6 is 0 Å². The Morgan fingerprint density at radius 3 is 2.64 bits per heavy atom. The van der Waals surface area contributed by atoms with Crippen LogP contribution in [0.25, 0.3) is 0 Å². The van der Waals surface area contributed by atoms with Crippen molar-refractivity contribution in [1.29, 1.82) is 0 Å². The first-order valence-corrected chi connectivity index (χ1v) is 4.66. The zero-order valence-corrected chi connectivity index (χ0v) is 8.34. The van der Waals surface area contributed by atoms with Gasteiger partial charge in [0.05, 0.1) is 12.3 Å². The Kier molecular flexibility index (Phi) is 4.07. The number of hydrogen-bond donors (Lipinski definition) is 1. The number of nitrogens with one attached hydrogen (secondary N) is 1. The summed E-state index contributed by atoms with van der Waals surface area (Å²) in [6, 6.07) is 2.84. The number of rotatable bonds is 5. The van der Waals surface area contributed by atoms with Crippen LogP contribution in [0.5, 0.6) is 0 Å². The van der Waals surface area contributed by atoms with Gasteiger partial charge in [0, 0.05) is 12.5 Å². The highest BCUT2D eigenvalue weighted by molar-refractivity contribution is 5.00. The lowest BCUT2D eigenvalue weighted by Gasteiger charge is -2.18. The summed E-state index contributed by atoms with van der Waals surface area (Å²) in [6.07, 6.45) is -0.114. The van der Waals surface area contributed by atoms with Crippen LogP contribution in [0.15, 0.2) is 22.8 Å². The average Bonchev–Trinajstić information content (AvgIpc) is 2.56. The molecule has 0 aromatic carbocycles. The molecule has 1 aromatic heterocycles. The van der Waals surface area contributed by atoms with Crippen LogP contribution in [0, 0.1) is 0 Å². The Morgan fingerprint density at radius 1 is 1.43 bits per heavy atom. The molecule has 1 rings (SSSR count). The molecule has 0 aliphatic heterocycles. The molecule has 1 heterocycles. The fraction of sp³-hybridized carbons (Fsp3) is 0.600. The fourth-order valence-electron chi connectivity index (χ4n) is 1.31. The minimum Gasteiger partial charge on any atom is -0.469 e. The summed E-state index contributed by atoms with van der Waals surface area (Å²) in [7, 11) is 0. The summed E-state index contributed by atoms with van der Waals surface area (Å²) in [4.78, 5) is 0. The predicted octanol–water partition coefficient (Wildman–Crippen LogP) is 2.45. The van der Waals surface area contributed by atoms with Crippen molar-refractivity contribution in [1.82, 2.24) is 5.32 Å². The minimum atomic E-state index is -2.32. The van der Waals surface area contributed by atoms with Crippen molar-refractivity contribution in [2.24, 2.45) is 0 Å². The van der Waals surface area contributed by atoms with E-state index in [1.807, 2.05) is 13.0 Å². The average molecular weight is 203 g/mol. The van der Waals surface area contributed by atoms with Crippen molar-refractivity contribution >= 4 is 0 Å². The zero-order valence-electron chi connectivity index (χ0n) is 8.34. The Morgan fingerprint density at radius 2 is 2.14 bits per heavy atom. The lowest BCUT2D eigenvalue weighted by molar-refractivity contribution is 0.101. The molecule has 0 aliphatic carbocycles. The van der Waals surface area contributed by atoms with Gasteiger partial charge in [-0.15, -0.1) is 0 Å². The van der Waals surface area contributed by atoms with Gasteiger partial charge in [-0.25, -0.2) is 8.78 Å².